The molecule has 20 heavy (non-hydrogen) atoms. The first-order chi connectivity index (χ1) is 9.69. The Bertz CT molecular complexity index is 443. The third-order valence-corrected chi connectivity index (χ3v) is 3.08. The first-order valence-corrected chi connectivity index (χ1v) is 7.21. The van der Waals surface area contributed by atoms with E-state index in [1.54, 1.807) is 6.07 Å². The quantitative estimate of drug-likeness (QED) is 0.695. The highest BCUT2D eigenvalue weighted by Gasteiger charge is 2.12. The fourth-order valence-corrected chi connectivity index (χ4v) is 1.95. The van der Waals surface area contributed by atoms with E-state index in [1.807, 2.05) is 6.92 Å². The van der Waals surface area contributed by atoms with Gasteiger partial charge >= 0.3 is 0 Å². The molecule has 0 spiro atoms. The van der Waals surface area contributed by atoms with Gasteiger partial charge in [-0.15, -0.1) is 0 Å². The predicted octanol–water partition coefficient (Wildman–Crippen LogP) is 3.96. The minimum atomic E-state index is -0.288. The Labute approximate surface area is 120 Å². The van der Waals surface area contributed by atoms with Gasteiger partial charge < -0.3 is 10.1 Å². The molecule has 1 unspecified atom stereocenters. The van der Waals surface area contributed by atoms with Gasteiger partial charge in [0, 0.05) is 24.1 Å². The molecular formula is C16H23FN2O. The van der Waals surface area contributed by atoms with Crippen LogP contribution in [0.1, 0.15) is 51.1 Å². The van der Waals surface area contributed by atoms with Crippen LogP contribution in [0.5, 0.6) is 5.75 Å². The standard InChI is InChI=1S/C16H23FN2O/c1-3-10-19-13(2)15-8-7-14(17)12-16(15)20-11-6-4-5-9-18/h7-8,12-13,19H,3-6,10-11H2,1-2H3. The van der Waals surface area contributed by atoms with E-state index in [2.05, 4.69) is 18.3 Å². The van der Waals surface area contributed by atoms with Gasteiger partial charge in [-0.2, -0.15) is 5.26 Å². The summed E-state index contributed by atoms with van der Waals surface area (Å²) >= 11 is 0. The summed E-state index contributed by atoms with van der Waals surface area (Å²) in [5.41, 5.74) is 0.972. The zero-order chi connectivity index (χ0) is 14.8. The number of hydrogen-bond acceptors (Lipinski definition) is 3. The van der Waals surface area contributed by atoms with Crippen molar-refractivity contribution in [2.75, 3.05) is 13.2 Å². The highest BCUT2D eigenvalue weighted by Crippen LogP contribution is 2.26. The topological polar surface area (TPSA) is 45.0 Å². The molecule has 4 heteroatoms. The largest absolute Gasteiger partial charge is 0.493 e. The number of halogens is 1. The third-order valence-electron chi connectivity index (χ3n) is 3.08. The van der Waals surface area contributed by atoms with Crippen LogP contribution in [0.2, 0.25) is 0 Å². The molecule has 0 heterocycles. The average molecular weight is 278 g/mol. The lowest BCUT2D eigenvalue weighted by atomic mass is 10.1. The maximum Gasteiger partial charge on any atom is 0.126 e. The first-order valence-electron chi connectivity index (χ1n) is 7.21. The molecule has 0 bridgehead atoms. The van der Waals surface area contributed by atoms with Crippen LogP contribution in [0.15, 0.2) is 18.2 Å². The summed E-state index contributed by atoms with van der Waals surface area (Å²) in [5, 5.41) is 11.8. The molecule has 0 saturated heterocycles. The second kappa shape index (κ2) is 9.33. The van der Waals surface area contributed by atoms with Crippen LogP contribution in [0.3, 0.4) is 0 Å². The van der Waals surface area contributed by atoms with Crippen LogP contribution >= 0.6 is 0 Å². The van der Waals surface area contributed by atoms with E-state index < -0.39 is 0 Å². The fourth-order valence-electron chi connectivity index (χ4n) is 1.95. The number of nitriles is 1. The lowest BCUT2D eigenvalue weighted by molar-refractivity contribution is 0.300. The fraction of sp³-hybridized carbons (Fsp3) is 0.562. The van der Waals surface area contributed by atoms with Crippen LogP contribution in [0, 0.1) is 17.1 Å². The molecule has 1 atom stereocenters. The van der Waals surface area contributed by atoms with Gasteiger partial charge in [0.05, 0.1) is 12.7 Å². The SMILES string of the molecule is CCCNC(C)c1ccc(F)cc1OCCCCC#N. The third kappa shape index (κ3) is 5.58. The Morgan fingerprint density at radius 3 is 2.90 bits per heavy atom. The lowest BCUT2D eigenvalue weighted by Gasteiger charge is -2.18. The van der Waals surface area contributed by atoms with Crippen LogP contribution in [0.25, 0.3) is 0 Å². The van der Waals surface area contributed by atoms with E-state index in [-0.39, 0.29) is 11.9 Å². The molecule has 3 nitrogen and oxygen atoms in total. The maximum absolute atomic E-state index is 13.3. The van der Waals surface area contributed by atoms with E-state index in [4.69, 9.17) is 10.00 Å². The maximum atomic E-state index is 13.3. The molecule has 0 amide bonds. The van der Waals surface area contributed by atoms with Crippen molar-refractivity contribution in [3.63, 3.8) is 0 Å². The molecule has 1 N–H and O–H groups in total. The molecule has 0 saturated carbocycles. The Kier molecular flexibility index (Phi) is 7.67. The molecule has 1 aromatic rings. The molecule has 1 aromatic carbocycles. The molecule has 0 aliphatic rings. The van der Waals surface area contributed by atoms with Gasteiger partial charge in [-0.05, 0) is 38.8 Å². The summed E-state index contributed by atoms with van der Waals surface area (Å²) in [4.78, 5) is 0. The Balaban J connectivity index is 2.62. The van der Waals surface area contributed by atoms with Crippen molar-refractivity contribution >= 4 is 0 Å². The zero-order valence-corrected chi connectivity index (χ0v) is 12.3. The van der Waals surface area contributed by atoms with Gasteiger partial charge in [-0.3, -0.25) is 0 Å². The monoisotopic (exact) mass is 278 g/mol. The highest BCUT2D eigenvalue weighted by molar-refractivity contribution is 5.36. The Morgan fingerprint density at radius 1 is 1.40 bits per heavy atom. The Morgan fingerprint density at radius 2 is 2.20 bits per heavy atom. The average Bonchev–Trinajstić information content (AvgIpc) is 2.44. The highest BCUT2D eigenvalue weighted by atomic mass is 19.1. The van der Waals surface area contributed by atoms with Crippen LogP contribution in [-0.2, 0) is 0 Å². The lowest BCUT2D eigenvalue weighted by Crippen LogP contribution is -2.20. The van der Waals surface area contributed by atoms with E-state index in [9.17, 15) is 4.39 Å². The summed E-state index contributed by atoms with van der Waals surface area (Å²) in [7, 11) is 0. The summed E-state index contributed by atoms with van der Waals surface area (Å²) in [6.07, 6.45) is 3.20. The van der Waals surface area contributed by atoms with E-state index >= 15 is 0 Å². The Hall–Kier alpha value is -1.60. The van der Waals surface area contributed by atoms with E-state index in [1.165, 1.54) is 12.1 Å². The normalized spacial score (nSPS) is 11.9. The molecule has 1 rings (SSSR count). The molecule has 0 aliphatic heterocycles. The van der Waals surface area contributed by atoms with Gasteiger partial charge in [0.25, 0.3) is 0 Å². The second-order valence-corrected chi connectivity index (χ2v) is 4.82. The van der Waals surface area contributed by atoms with Crippen molar-refractivity contribution in [2.45, 2.75) is 45.6 Å². The van der Waals surface area contributed by atoms with Crippen LogP contribution in [0.4, 0.5) is 4.39 Å². The second-order valence-electron chi connectivity index (χ2n) is 4.82. The van der Waals surface area contributed by atoms with E-state index in [0.29, 0.717) is 18.8 Å². The molecule has 110 valence electrons. The van der Waals surface area contributed by atoms with Gasteiger partial charge in [0.1, 0.15) is 11.6 Å². The number of benzene rings is 1. The van der Waals surface area contributed by atoms with Crippen molar-refractivity contribution in [3.05, 3.63) is 29.6 Å². The van der Waals surface area contributed by atoms with E-state index in [0.717, 1.165) is 31.4 Å². The number of ether oxygens (including phenoxy) is 1. The zero-order valence-electron chi connectivity index (χ0n) is 12.3. The van der Waals surface area contributed by atoms with Crippen molar-refractivity contribution in [1.82, 2.24) is 5.32 Å². The number of hydrogen-bond donors (Lipinski definition) is 1. The van der Waals surface area contributed by atoms with Gasteiger partial charge in [-0.25, -0.2) is 4.39 Å². The van der Waals surface area contributed by atoms with Gasteiger partial charge in [0.2, 0.25) is 0 Å². The molecule has 0 aromatic heterocycles. The van der Waals surface area contributed by atoms with Crippen molar-refractivity contribution < 1.29 is 9.13 Å². The van der Waals surface area contributed by atoms with Crippen molar-refractivity contribution in [2.24, 2.45) is 0 Å². The van der Waals surface area contributed by atoms with Crippen molar-refractivity contribution in [1.29, 1.82) is 5.26 Å². The molecule has 0 aliphatic carbocycles. The van der Waals surface area contributed by atoms with Gasteiger partial charge in [0.15, 0.2) is 0 Å². The summed E-state index contributed by atoms with van der Waals surface area (Å²) < 4.78 is 19.0. The first kappa shape index (κ1) is 16.5. The van der Waals surface area contributed by atoms with Crippen LogP contribution < -0.4 is 10.1 Å². The number of nitrogens with one attached hydrogen (secondary N) is 1. The molecule has 0 fully saturated rings. The minimum absolute atomic E-state index is 0.129. The minimum Gasteiger partial charge on any atom is -0.493 e. The molecular weight excluding hydrogens is 255 g/mol. The smallest absolute Gasteiger partial charge is 0.126 e. The number of rotatable bonds is 9. The number of unbranched alkanes of at least 4 members (excludes halogenated alkanes) is 2. The van der Waals surface area contributed by atoms with Gasteiger partial charge in [-0.1, -0.05) is 13.0 Å². The van der Waals surface area contributed by atoms with Crippen molar-refractivity contribution in [3.8, 4) is 11.8 Å². The molecule has 0 radical (unpaired) electrons. The summed E-state index contributed by atoms with van der Waals surface area (Å²) in [6, 6.07) is 6.90. The summed E-state index contributed by atoms with van der Waals surface area (Å²) in [5.74, 6) is 0.307. The summed E-state index contributed by atoms with van der Waals surface area (Å²) in [6.45, 7) is 5.58. The predicted molar refractivity (Wildman–Crippen MR) is 78.1 cm³/mol. The van der Waals surface area contributed by atoms with Crippen LogP contribution in [-0.4, -0.2) is 13.2 Å². The number of nitrogens with zero attached hydrogens (tertiary/aromatic N) is 1.